The molecule has 3 aliphatic rings. The quantitative estimate of drug-likeness (QED) is 0.0199. The molecule has 3 rings (SSSR count). The summed E-state index contributed by atoms with van der Waals surface area (Å²) in [6, 6.07) is -1.01. The van der Waals surface area contributed by atoms with Crippen molar-refractivity contribution in [2.24, 2.45) is 0 Å². The lowest BCUT2D eigenvalue weighted by molar-refractivity contribution is -0.379. The van der Waals surface area contributed by atoms with Gasteiger partial charge in [-0.25, -0.2) is 0 Å². The van der Waals surface area contributed by atoms with Crippen molar-refractivity contribution in [3.05, 3.63) is 134 Å². The fourth-order valence-electron chi connectivity index (χ4n) is 14.8. The molecule has 19 nitrogen and oxygen atoms in total. The van der Waals surface area contributed by atoms with Crippen molar-refractivity contribution in [2.75, 3.05) is 26.4 Å². The second-order valence-electron chi connectivity index (χ2n) is 32.4. The lowest BCUT2D eigenvalue weighted by atomic mass is 9.96. The summed E-state index contributed by atoms with van der Waals surface area (Å²) >= 11 is 0. The highest BCUT2D eigenvalue weighted by atomic mass is 16.8. The van der Waals surface area contributed by atoms with Crippen LogP contribution in [0.3, 0.4) is 0 Å². The first-order valence-electron chi connectivity index (χ1n) is 46.4. The zero-order chi connectivity index (χ0) is 83.8. The topological polar surface area (TPSA) is 307 Å². The van der Waals surface area contributed by atoms with Gasteiger partial charge < -0.3 is 89.9 Å². The highest BCUT2D eigenvalue weighted by Gasteiger charge is 2.54. The number of nitrogens with one attached hydrogen (secondary N) is 1. The van der Waals surface area contributed by atoms with E-state index in [2.05, 4.69) is 141 Å². The maximum Gasteiger partial charge on any atom is 0.220 e. The van der Waals surface area contributed by atoms with E-state index in [-0.39, 0.29) is 18.9 Å². The largest absolute Gasteiger partial charge is 0.394 e. The standard InChI is InChI=1S/C97H167NO18/c1-3-5-7-9-11-13-15-17-19-21-23-25-27-29-31-33-35-37-38-39-40-41-42-43-45-47-49-51-53-55-57-59-61-63-65-67-69-71-73-75-85(103)98-80(81(102)74-72-70-68-66-64-62-60-58-56-54-52-50-48-46-44-36-34-32-30-28-26-24-22-20-18-16-14-12-10-8-6-4-2)79-111-95-91(109)88(106)93(83(77-100)113-95)116-97-92(110)89(107)94(84(78-101)114-97)115-96-90(108)87(105)86(104)82(76-99)112-96/h5,7,11,13,17,19,23,25,29,31,35,37,39-40,42-43,56,58,64,66,72,74,80-84,86-97,99-102,104-110H,3-4,6,8-10,12,14-16,18,20-22,24,26-28,30,32-34,36,38,41,44-55,57,59-63,65,67-71,73,75-79H2,1-2H3,(H,98,103)/b7-5-,13-11-,19-17-,25-23-,31-29-,37-35-,40-39-,43-42-,58-56+,66-64+,74-72+. The number of ether oxygens (including phenoxy) is 6. The Labute approximate surface area is 702 Å². The van der Waals surface area contributed by atoms with Crippen molar-refractivity contribution in [2.45, 2.75) is 446 Å². The number of amides is 1. The normalized spacial score (nSPS) is 25.1. The van der Waals surface area contributed by atoms with Gasteiger partial charge in [0, 0.05) is 6.42 Å². The summed E-state index contributed by atoms with van der Waals surface area (Å²) in [5.41, 5.74) is 0. The minimum Gasteiger partial charge on any atom is -0.394 e. The lowest BCUT2D eigenvalue weighted by Gasteiger charge is -2.48. The van der Waals surface area contributed by atoms with Crippen LogP contribution in [0.4, 0.5) is 0 Å². The Balaban J connectivity index is 1.33. The van der Waals surface area contributed by atoms with Crippen molar-refractivity contribution < 1.29 is 89.4 Å². The predicted octanol–water partition coefficient (Wildman–Crippen LogP) is 18.4. The molecule has 19 heteroatoms. The first kappa shape index (κ1) is 106. The molecule has 0 radical (unpaired) electrons. The van der Waals surface area contributed by atoms with E-state index in [1.807, 2.05) is 6.08 Å². The van der Waals surface area contributed by atoms with Gasteiger partial charge in [0.1, 0.15) is 73.2 Å². The third-order valence-corrected chi connectivity index (χ3v) is 22.2. The summed E-state index contributed by atoms with van der Waals surface area (Å²) in [5, 5.41) is 121. The molecule has 0 aromatic carbocycles. The molecule has 668 valence electrons. The second kappa shape index (κ2) is 74.7. The number of rotatable bonds is 74. The minimum absolute atomic E-state index is 0.224. The molecule has 0 aromatic heterocycles. The molecule has 17 atom stereocenters. The third kappa shape index (κ3) is 52.3. The Kier molecular flexibility index (Phi) is 68.4. The third-order valence-electron chi connectivity index (χ3n) is 22.2. The van der Waals surface area contributed by atoms with Crippen LogP contribution in [0.15, 0.2) is 134 Å². The molecule has 17 unspecified atom stereocenters. The number of carbonyl (C=O) groups is 1. The van der Waals surface area contributed by atoms with Crippen LogP contribution in [-0.4, -0.2) is 193 Å². The summed E-state index contributed by atoms with van der Waals surface area (Å²) in [6.07, 6.45) is 81.8. The second-order valence-corrected chi connectivity index (χ2v) is 32.4. The number of hydrogen-bond donors (Lipinski definition) is 12. The number of hydrogen-bond acceptors (Lipinski definition) is 18. The van der Waals surface area contributed by atoms with Gasteiger partial charge in [0.2, 0.25) is 5.91 Å². The molecule has 0 aromatic rings. The maximum atomic E-state index is 13.5. The van der Waals surface area contributed by atoms with Gasteiger partial charge in [-0.3, -0.25) is 4.79 Å². The summed E-state index contributed by atoms with van der Waals surface area (Å²) in [4.78, 5) is 13.5. The van der Waals surface area contributed by atoms with E-state index in [1.165, 1.54) is 199 Å². The van der Waals surface area contributed by atoms with Gasteiger partial charge in [0.25, 0.3) is 0 Å². The van der Waals surface area contributed by atoms with Crippen LogP contribution in [0, 0.1) is 0 Å². The van der Waals surface area contributed by atoms with Crippen LogP contribution in [0.2, 0.25) is 0 Å². The maximum absolute atomic E-state index is 13.5. The lowest BCUT2D eigenvalue weighted by Crippen LogP contribution is -2.66. The van der Waals surface area contributed by atoms with Crippen LogP contribution in [0.25, 0.3) is 0 Å². The monoisotopic (exact) mass is 1630 g/mol. The van der Waals surface area contributed by atoms with Crippen molar-refractivity contribution in [3.63, 3.8) is 0 Å². The van der Waals surface area contributed by atoms with E-state index < -0.39 is 124 Å². The van der Waals surface area contributed by atoms with Crippen LogP contribution in [0.1, 0.15) is 341 Å². The molecule has 3 heterocycles. The zero-order valence-electron chi connectivity index (χ0n) is 72.2. The van der Waals surface area contributed by atoms with Crippen molar-refractivity contribution in [1.82, 2.24) is 5.32 Å². The molecule has 3 fully saturated rings. The average Bonchev–Trinajstić information content (AvgIpc) is 0.779. The van der Waals surface area contributed by atoms with E-state index in [9.17, 15) is 61.0 Å². The Morgan fingerprint density at radius 2 is 0.603 bits per heavy atom. The van der Waals surface area contributed by atoms with Crippen molar-refractivity contribution in [1.29, 1.82) is 0 Å². The molecule has 12 N–H and O–H groups in total. The molecule has 1 amide bonds. The van der Waals surface area contributed by atoms with Crippen LogP contribution in [-0.2, 0) is 33.2 Å². The fourth-order valence-corrected chi connectivity index (χ4v) is 14.8. The smallest absolute Gasteiger partial charge is 0.220 e. The van der Waals surface area contributed by atoms with E-state index in [0.29, 0.717) is 12.8 Å². The zero-order valence-corrected chi connectivity index (χ0v) is 72.2. The first-order valence-corrected chi connectivity index (χ1v) is 46.4. The van der Waals surface area contributed by atoms with Gasteiger partial charge in [-0.05, 0) is 109 Å². The molecular formula is C97H167NO18. The number of unbranched alkanes of at least 4 members (excludes halogenated alkanes) is 38. The number of carbonyl (C=O) groups excluding carboxylic acids is 1. The Morgan fingerprint density at radius 3 is 0.966 bits per heavy atom. The molecule has 3 saturated heterocycles. The summed E-state index contributed by atoms with van der Waals surface area (Å²) < 4.78 is 34.5. The molecule has 0 spiro atoms. The van der Waals surface area contributed by atoms with Crippen LogP contribution in [0.5, 0.6) is 0 Å². The Morgan fingerprint density at radius 1 is 0.319 bits per heavy atom. The van der Waals surface area contributed by atoms with Crippen LogP contribution < -0.4 is 5.32 Å². The van der Waals surface area contributed by atoms with E-state index in [4.69, 9.17) is 28.4 Å². The van der Waals surface area contributed by atoms with Gasteiger partial charge in [0.15, 0.2) is 18.9 Å². The molecule has 0 aliphatic carbocycles. The summed E-state index contributed by atoms with van der Waals surface area (Å²) in [6.45, 7) is 1.63. The summed E-state index contributed by atoms with van der Waals surface area (Å²) in [5.74, 6) is -0.291. The van der Waals surface area contributed by atoms with Gasteiger partial charge in [-0.1, -0.05) is 359 Å². The minimum atomic E-state index is -1.99. The van der Waals surface area contributed by atoms with Gasteiger partial charge in [-0.2, -0.15) is 0 Å². The molecule has 116 heavy (non-hydrogen) atoms. The fraction of sp³-hybridized carbons (Fsp3) is 0.763. The Bertz CT molecular complexity index is 2620. The van der Waals surface area contributed by atoms with Gasteiger partial charge >= 0.3 is 0 Å². The number of allylic oxidation sites excluding steroid dienone is 21. The van der Waals surface area contributed by atoms with Gasteiger partial charge in [0.05, 0.1) is 38.6 Å². The van der Waals surface area contributed by atoms with E-state index in [0.717, 1.165) is 109 Å². The number of aliphatic hydroxyl groups excluding tert-OH is 11. The van der Waals surface area contributed by atoms with Crippen molar-refractivity contribution in [3.8, 4) is 0 Å². The van der Waals surface area contributed by atoms with Crippen LogP contribution >= 0.6 is 0 Å². The van der Waals surface area contributed by atoms with Gasteiger partial charge in [-0.15, -0.1) is 0 Å². The highest BCUT2D eigenvalue weighted by molar-refractivity contribution is 5.76. The van der Waals surface area contributed by atoms with E-state index in [1.54, 1.807) is 6.08 Å². The predicted molar refractivity (Wildman–Crippen MR) is 470 cm³/mol. The molecular weight excluding hydrogens is 1470 g/mol. The number of aliphatic hydroxyl groups is 11. The molecule has 3 aliphatic heterocycles. The Hall–Kier alpha value is -4.07. The van der Waals surface area contributed by atoms with Crippen molar-refractivity contribution >= 4 is 5.91 Å². The molecule has 0 bridgehead atoms. The summed E-state index contributed by atoms with van der Waals surface area (Å²) in [7, 11) is 0. The molecule has 0 saturated carbocycles. The highest BCUT2D eigenvalue weighted by Crippen LogP contribution is 2.33. The average molecular weight is 1640 g/mol. The van der Waals surface area contributed by atoms with E-state index >= 15 is 0 Å². The first-order chi connectivity index (χ1) is 56.8. The SMILES string of the molecule is CC/C=C\C/C=C\C/C=C\C/C=C\C/C=C\C/C=C\C/C=C\C/C=C\CCCCCCCCCCCCCCCCC(=O)NC(COC1OC(CO)C(OC2OC(CO)C(OC3OC(CO)C(O)C(O)C3O)C(O)C2O)C(O)C1O)C(O)/C=C/CC/C=C/CC/C=C/CCCCCCCCCCCCCCCCCCCCCCCC.